The molecule has 1 fully saturated rings. The number of amides is 5. The van der Waals surface area contributed by atoms with Crippen molar-refractivity contribution >= 4 is 48.2 Å². The number of carbonyl (C=O) groups excluding carboxylic acids is 4. The Morgan fingerprint density at radius 1 is 1.24 bits per heavy atom. The van der Waals surface area contributed by atoms with Gasteiger partial charge < -0.3 is 15.5 Å². The minimum atomic E-state index is -0.657. The van der Waals surface area contributed by atoms with E-state index in [0.717, 1.165) is 16.7 Å². The largest absolute Gasteiger partial charge is 0.334 e. The number of aliphatic imine (C=N–C) groups is 2. The van der Waals surface area contributed by atoms with Crippen molar-refractivity contribution in [2.24, 2.45) is 9.98 Å². The van der Waals surface area contributed by atoms with Crippen LogP contribution in [-0.4, -0.2) is 47.8 Å². The van der Waals surface area contributed by atoms with E-state index in [-0.39, 0.29) is 37.4 Å². The highest BCUT2D eigenvalue weighted by Crippen LogP contribution is 2.28. The second kappa shape index (κ2) is 9.65. The van der Waals surface area contributed by atoms with E-state index < -0.39 is 11.9 Å². The van der Waals surface area contributed by atoms with E-state index in [1.54, 1.807) is 24.3 Å². The molecule has 1 saturated heterocycles. The van der Waals surface area contributed by atoms with E-state index >= 15 is 0 Å². The summed E-state index contributed by atoms with van der Waals surface area (Å²) in [5, 5.41) is 7.86. The summed E-state index contributed by atoms with van der Waals surface area (Å²) in [6.45, 7) is 5.80. The van der Waals surface area contributed by atoms with Crippen molar-refractivity contribution in [1.29, 1.82) is 0 Å². The van der Waals surface area contributed by atoms with Crippen molar-refractivity contribution in [2.75, 3.05) is 5.32 Å². The Balaban J connectivity index is 1.37. The molecule has 3 N–H and O–H groups in total. The van der Waals surface area contributed by atoms with E-state index in [2.05, 4.69) is 32.7 Å². The normalized spacial score (nSPS) is 17.5. The molecule has 10 heteroatoms. The first-order valence-corrected chi connectivity index (χ1v) is 10.8. The molecule has 4 rings (SSSR count). The maximum Gasteiger partial charge on any atom is 0.319 e. The summed E-state index contributed by atoms with van der Waals surface area (Å²) >= 11 is 0. The molecule has 0 aliphatic carbocycles. The molecule has 2 aliphatic heterocycles. The monoisotopic (exact) mass is 460 g/mol. The standard InChI is InChI=1S/C24H24N6O4/c1-14-3-5-17(10-19(14)27-13-25-2)28-24(34)26-11-15-4-6-18-16(9-15)12-30(23(18)33)20-7-8-21(31)29-22(20)32/h3-6,9-10,13,20H,2,7-8,11-12H2,1H3,(H2,26,28,34)(H,29,31,32). The molecule has 0 bridgehead atoms. The van der Waals surface area contributed by atoms with E-state index in [1.165, 1.54) is 11.2 Å². The highest BCUT2D eigenvalue weighted by atomic mass is 16.2. The fraction of sp³-hybridized carbons (Fsp3) is 0.250. The number of carbonyl (C=O) groups is 4. The smallest absolute Gasteiger partial charge is 0.319 e. The Kier molecular flexibility index (Phi) is 6.48. The van der Waals surface area contributed by atoms with Gasteiger partial charge in [0.1, 0.15) is 12.4 Å². The molecule has 0 radical (unpaired) electrons. The number of hydrogen-bond acceptors (Lipinski definition) is 5. The quantitative estimate of drug-likeness (QED) is 0.347. The molecule has 34 heavy (non-hydrogen) atoms. The van der Waals surface area contributed by atoms with Crippen LogP contribution in [0, 0.1) is 6.92 Å². The van der Waals surface area contributed by atoms with Gasteiger partial charge in [-0.1, -0.05) is 18.2 Å². The molecule has 0 aromatic heterocycles. The van der Waals surface area contributed by atoms with E-state index in [1.807, 2.05) is 19.1 Å². The Labute approximate surface area is 196 Å². The van der Waals surface area contributed by atoms with Crippen molar-refractivity contribution in [2.45, 2.75) is 38.9 Å². The van der Waals surface area contributed by atoms with Gasteiger partial charge in [0.15, 0.2) is 0 Å². The third kappa shape index (κ3) is 4.85. The van der Waals surface area contributed by atoms with E-state index in [9.17, 15) is 19.2 Å². The zero-order chi connectivity index (χ0) is 24.2. The molecule has 5 amide bonds. The van der Waals surface area contributed by atoms with Crippen LogP contribution in [0.25, 0.3) is 0 Å². The van der Waals surface area contributed by atoms with Crippen molar-refractivity contribution in [3.63, 3.8) is 0 Å². The fourth-order valence-corrected chi connectivity index (χ4v) is 4.02. The number of benzene rings is 2. The van der Waals surface area contributed by atoms with Gasteiger partial charge in [0.2, 0.25) is 11.8 Å². The Hall–Kier alpha value is -4.34. The van der Waals surface area contributed by atoms with Crippen molar-refractivity contribution in [3.05, 3.63) is 58.7 Å². The van der Waals surface area contributed by atoms with Crippen LogP contribution in [0.2, 0.25) is 0 Å². The van der Waals surface area contributed by atoms with E-state index in [0.29, 0.717) is 23.4 Å². The summed E-state index contributed by atoms with van der Waals surface area (Å²) in [4.78, 5) is 58.0. The molecule has 174 valence electrons. The molecule has 10 nitrogen and oxygen atoms in total. The topological polar surface area (TPSA) is 132 Å². The minimum absolute atomic E-state index is 0.209. The molecule has 2 aromatic rings. The van der Waals surface area contributed by atoms with Gasteiger partial charge >= 0.3 is 6.03 Å². The lowest BCUT2D eigenvalue weighted by Crippen LogP contribution is -2.52. The SMILES string of the molecule is C=NC=Nc1cc(NC(=O)NCc2ccc3c(c2)CN(C2CCC(=O)NC2=O)C3=O)ccc1C. The van der Waals surface area contributed by atoms with Crippen molar-refractivity contribution in [1.82, 2.24) is 15.5 Å². The number of aryl methyl sites for hydroxylation is 1. The number of urea groups is 1. The Morgan fingerprint density at radius 3 is 2.82 bits per heavy atom. The lowest BCUT2D eigenvalue weighted by Gasteiger charge is -2.29. The number of hydrogen-bond donors (Lipinski definition) is 3. The molecule has 2 heterocycles. The number of rotatable bonds is 6. The number of anilines is 1. The first-order chi connectivity index (χ1) is 16.4. The van der Waals surface area contributed by atoms with Gasteiger partial charge in [0.05, 0.1) is 5.69 Å². The highest BCUT2D eigenvalue weighted by Gasteiger charge is 2.39. The first-order valence-electron chi connectivity index (χ1n) is 10.8. The Morgan fingerprint density at radius 2 is 2.06 bits per heavy atom. The summed E-state index contributed by atoms with van der Waals surface area (Å²) in [5.74, 6) is -0.992. The molecule has 2 aromatic carbocycles. The lowest BCUT2D eigenvalue weighted by molar-refractivity contribution is -0.136. The molecule has 1 atom stereocenters. The molecular formula is C24H24N6O4. The summed E-state index contributed by atoms with van der Waals surface area (Å²) in [6, 6.07) is 9.64. The van der Waals surface area contributed by atoms with Gasteiger partial charge in [-0.3, -0.25) is 24.7 Å². The second-order valence-corrected chi connectivity index (χ2v) is 8.13. The predicted molar refractivity (Wildman–Crippen MR) is 127 cm³/mol. The van der Waals surface area contributed by atoms with Crippen LogP contribution >= 0.6 is 0 Å². The predicted octanol–water partition coefficient (Wildman–Crippen LogP) is 2.44. The zero-order valence-electron chi connectivity index (χ0n) is 18.6. The van der Waals surface area contributed by atoms with Crippen molar-refractivity contribution in [3.8, 4) is 0 Å². The van der Waals surface area contributed by atoms with Crippen LogP contribution in [-0.2, 0) is 22.7 Å². The van der Waals surface area contributed by atoms with Gasteiger partial charge in [0.25, 0.3) is 5.91 Å². The van der Waals surface area contributed by atoms with Crippen LogP contribution in [0.3, 0.4) is 0 Å². The fourth-order valence-electron chi connectivity index (χ4n) is 4.02. The summed E-state index contributed by atoms with van der Waals surface area (Å²) in [5.41, 5.74) is 4.32. The first kappa shape index (κ1) is 22.8. The van der Waals surface area contributed by atoms with Crippen LogP contribution < -0.4 is 16.0 Å². The van der Waals surface area contributed by atoms with Crippen LogP contribution in [0.1, 0.15) is 39.9 Å². The maximum atomic E-state index is 12.8. The van der Waals surface area contributed by atoms with Gasteiger partial charge in [-0.05, 0) is 55.0 Å². The van der Waals surface area contributed by atoms with Gasteiger partial charge in [-0.25, -0.2) is 9.79 Å². The number of fused-ring (bicyclic) bond motifs is 1. The minimum Gasteiger partial charge on any atom is -0.334 e. The second-order valence-electron chi connectivity index (χ2n) is 8.13. The van der Waals surface area contributed by atoms with Gasteiger partial charge in [-0.15, -0.1) is 0 Å². The molecular weight excluding hydrogens is 436 g/mol. The summed E-state index contributed by atoms with van der Waals surface area (Å²) < 4.78 is 0. The zero-order valence-corrected chi connectivity index (χ0v) is 18.6. The number of nitrogens with zero attached hydrogens (tertiary/aromatic N) is 3. The summed E-state index contributed by atoms with van der Waals surface area (Å²) in [7, 11) is 0. The third-order valence-corrected chi connectivity index (χ3v) is 5.79. The number of piperidine rings is 1. The average molecular weight is 460 g/mol. The molecule has 0 spiro atoms. The molecule has 0 saturated carbocycles. The molecule has 1 unspecified atom stereocenters. The van der Waals surface area contributed by atoms with Crippen LogP contribution in [0.4, 0.5) is 16.2 Å². The van der Waals surface area contributed by atoms with Gasteiger partial charge in [0, 0.05) is 30.8 Å². The number of nitrogens with one attached hydrogen (secondary N) is 3. The molecule has 2 aliphatic rings. The van der Waals surface area contributed by atoms with E-state index in [4.69, 9.17) is 0 Å². The maximum absolute atomic E-state index is 12.8. The van der Waals surface area contributed by atoms with Crippen LogP contribution in [0.5, 0.6) is 0 Å². The lowest BCUT2D eigenvalue weighted by atomic mass is 10.0. The Bertz CT molecular complexity index is 1220. The number of imide groups is 1. The third-order valence-electron chi connectivity index (χ3n) is 5.79. The summed E-state index contributed by atoms with van der Waals surface area (Å²) in [6.07, 6.45) is 1.86. The highest BCUT2D eigenvalue weighted by molar-refractivity contribution is 6.05. The average Bonchev–Trinajstić information content (AvgIpc) is 3.13. The van der Waals surface area contributed by atoms with Gasteiger partial charge in [-0.2, -0.15) is 0 Å². The van der Waals surface area contributed by atoms with Crippen molar-refractivity contribution < 1.29 is 19.2 Å². The van der Waals surface area contributed by atoms with Crippen LogP contribution in [0.15, 0.2) is 46.4 Å².